The fourth-order valence-electron chi connectivity index (χ4n) is 0.716. The van der Waals surface area contributed by atoms with E-state index in [4.69, 9.17) is 23.2 Å². The molecule has 1 atom stereocenters. The van der Waals surface area contributed by atoms with Gasteiger partial charge in [0.15, 0.2) is 0 Å². The minimum absolute atomic E-state index is 0.108. The Bertz CT molecular complexity index is 242. The summed E-state index contributed by atoms with van der Waals surface area (Å²) in [6.45, 7) is 0. The van der Waals surface area contributed by atoms with Gasteiger partial charge in [-0.05, 0) is 12.1 Å². The molecule has 0 saturated heterocycles. The highest BCUT2D eigenvalue weighted by atomic mass is 35.5. The normalized spacial score (nSPS) is 13.0. The number of aliphatic hydroxyl groups excluding tert-OH is 1. The van der Waals surface area contributed by atoms with Crippen LogP contribution < -0.4 is 0 Å². The lowest BCUT2D eigenvalue weighted by Gasteiger charge is -2.06. The number of nitrogens with zero attached hydrogens (tertiary/aromatic N) is 1. The van der Waals surface area contributed by atoms with Crippen molar-refractivity contribution in [1.29, 1.82) is 0 Å². The second-order valence-electron chi connectivity index (χ2n) is 2.04. The van der Waals surface area contributed by atoms with Gasteiger partial charge in [0.1, 0.15) is 6.10 Å². The van der Waals surface area contributed by atoms with Crippen molar-refractivity contribution in [3.63, 3.8) is 0 Å². The highest BCUT2D eigenvalue weighted by Crippen LogP contribution is 2.20. The van der Waals surface area contributed by atoms with Crippen molar-refractivity contribution < 1.29 is 5.11 Å². The Morgan fingerprint density at radius 2 is 2.36 bits per heavy atom. The molecule has 0 bridgehead atoms. The largest absolute Gasteiger partial charge is 0.385 e. The summed E-state index contributed by atoms with van der Waals surface area (Å²) < 4.78 is 0. The average Bonchev–Trinajstić information content (AvgIpc) is 2.04. The van der Waals surface area contributed by atoms with E-state index in [1.54, 1.807) is 18.3 Å². The molecule has 4 heteroatoms. The number of hydrogen-bond donors (Lipinski definition) is 1. The van der Waals surface area contributed by atoms with Crippen LogP contribution in [0.4, 0.5) is 0 Å². The van der Waals surface area contributed by atoms with E-state index in [2.05, 4.69) is 4.98 Å². The average molecular weight is 192 g/mol. The Labute approximate surface area is 74.8 Å². The van der Waals surface area contributed by atoms with E-state index in [9.17, 15) is 5.11 Å². The number of halogens is 2. The summed E-state index contributed by atoms with van der Waals surface area (Å²) in [6.07, 6.45) is 0.794. The van der Waals surface area contributed by atoms with Crippen molar-refractivity contribution in [2.24, 2.45) is 0 Å². The van der Waals surface area contributed by atoms with Crippen LogP contribution in [0.25, 0.3) is 0 Å². The van der Waals surface area contributed by atoms with Gasteiger partial charge in [0.25, 0.3) is 0 Å². The van der Waals surface area contributed by atoms with Crippen LogP contribution in [0.1, 0.15) is 11.8 Å². The molecule has 0 aliphatic heterocycles. The Kier molecular flexibility index (Phi) is 3.12. The molecule has 1 aromatic heterocycles. The van der Waals surface area contributed by atoms with E-state index in [1.807, 2.05) is 0 Å². The van der Waals surface area contributed by atoms with Crippen LogP contribution in [-0.2, 0) is 0 Å². The fraction of sp³-hybridized carbons (Fsp3) is 0.286. The van der Waals surface area contributed by atoms with Gasteiger partial charge in [0.05, 0.1) is 16.6 Å². The number of alkyl halides is 1. The number of pyridine rings is 1. The van der Waals surface area contributed by atoms with Gasteiger partial charge in [0, 0.05) is 6.20 Å². The van der Waals surface area contributed by atoms with Crippen molar-refractivity contribution in [1.82, 2.24) is 4.98 Å². The molecule has 0 aliphatic rings. The minimum Gasteiger partial charge on any atom is -0.385 e. The van der Waals surface area contributed by atoms with Gasteiger partial charge in [-0.1, -0.05) is 11.6 Å². The highest BCUT2D eigenvalue weighted by molar-refractivity contribution is 6.31. The maximum Gasteiger partial charge on any atom is 0.111 e. The predicted molar refractivity (Wildman–Crippen MR) is 44.9 cm³/mol. The molecule has 1 rings (SSSR count). The molecular weight excluding hydrogens is 185 g/mol. The molecular formula is C7H7Cl2NO. The maximum absolute atomic E-state index is 9.23. The molecule has 1 unspecified atom stereocenters. The quantitative estimate of drug-likeness (QED) is 0.727. The van der Waals surface area contributed by atoms with Gasteiger partial charge in [-0.2, -0.15) is 0 Å². The van der Waals surface area contributed by atoms with Crippen LogP contribution in [-0.4, -0.2) is 16.0 Å². The first-order chi connectivity index (χ1) is 5.25. The lowest BCUT2D eigenvalue weighted by Crippen LogP contribution is -2.01. The zero-order chi connectivity index (χ0) is 8.27. The van der Waals surface area contributed by atoms with Gasteiger partial charge < -0.3 is 5.11 Å². The van der Waals surface area contributed by atoms with Crippen molar-refractivity contribution >= 4 is 23.2 Å². The lowest BCUT2D eigenvalue weighted by atomic mass is 10.2. The van der Waals surface area contributed by atoms with Crippen molar-refractivity contribution in [2.45, 2.75) is 6.10 Å². The van der Waals surface area contributed by atoms with E-state index in [1.165, 1.54) is 0 Å². The van der Waals surface area contributed by atoms with Gasteiger partial charge in [0.2, 0.25) is 0 Å². The summed E-state index contributed by atoms with van der Waals surface area (Å²) in [4.78, 5) is 3.88. The molecule has 0 aliphatic carbocycles. The molecule has 2 nitrogen and oxygen atoms in total. The Morgan fingerprint density at radius 1 is 1.64 bits per heavy atom. The molecule has 0 fully saturated rings. The summed E-state index contributed by atoms with van der Waals surface area (Å²) in [6, 6.07) is 3.37. The van der Waals surface area contributed by atoms with Crippen molar-refractivity contribution in [3.8, 4) is 0 Å². The first-order valence-electron chi connectivity index (χ1n) is 3.10. The number of aromatic nitrogens is 1. The Balaban J connectivity index is 2.93. The monoisotopic (exact) mass is 191 g/mol. The minimum atomic E-state index is -0.773. The zero-order valence-electron chi connectivity index (χ0n) is 5.67. The van der Waals surface area contributed by atoms with Crippen LogP contribution in [0.3, 0.4) is 0 Å². The number of aliphatic hydroxyl groups is 1. The summed E-state index contributed by atoms with van der Waals surface area (Å²) in [7, 11) is 0. The van der Waals surface area contributed by atoms with E-state index >= 15 is 0 Å². The SMILES string of the molecule is OC(CCl)c1ncccc1Cl. The molecule has 11 heavy (non-hydrogen) atoms. The van der Waals surface area contributed by atoms with Crippen molar-refractivity contribution in [3.05, 3.63) is 29.0 Å². The Morgan fingerprint density at radius 3 is 2.91 bits per heavy atom. The summed E-state index contributed by atoms with van der Waals surface area (Å²) in [5.74, 6) is 0.108. The molecule has 0 saturated carbocycles. The van der Waals surface area contributed by atoms with Gasteiger partial charge >= 0.3 is 0 Å². The zero-order valence-corrected chi connectivity index (χ0v) is 7.18. The second kappa shape index (κ2) is 3.90. The topological polar surface area (TPSA) is 33.1 Å². The van der Waals surface area contributed by atoms with E-state index in [0.29, 0.717) is 10.7 Å². The molecule has 1 heterocycles. The molecule has 1 N–H and O–H groups in total. The van der Waals surface area contributed by atoms with Crippen LogP contribution in [0.5, 0.6) is 0 Å². The predicted octanol–water partition coefficient (Wildman–Crippen LogP) is 2.01. The van der Waals surface area contributed by atoms with Gasteiger partial charge in [-0.15, -0.1) is 11.6 Å². The lowest BCUT2D eigenvalue weighted by molar-refractivity contribution is 0.198. The first kappa shape index (κ1) is 8.78. The summed E-state index contributed by atoms with van der Waals surface area (Å²) >= 11 is 11.1. The fourth-order valence-corrected chi connectivity index (χ4v) is 1.11. The van der Waals surface area contributed by atoms with Gasteiger partial charge in [-0.3, -0.25) is 4.98 Å². The van der Waals surface area contributed by atoms with Crippen LogP contribution in [0.2, 0.25) is 5.02 Å². The highest BCUT2D eigenvalue weighted by Gasteiger charge is 2.10. The summed E-state index contributed by atoms with van der Waals surface area (Å²) in [5.41, 5.74) is 0.434. The smallest absolute Gasteiger partial charge is 0.111 e. The second-order valence-corrected chi connectivity index (χ2v) is 2.76. The molecule has 0 radical (unpaired) electrons. The molecule has 1 aromatic rings. The van der Waals surface area contributed by atoms with Gasteiger partial charge in [-0.25, -0.2) is 0 Å². The molecule has 0 amide bonds. The van der Waals surface area contributed by atoms with E-state index in [-0.39, 0.29) is 5.88 Å². The third kappa shape index (κ3) is 2.06. The van der Waals surface area contributed by atoms with Crippen LogP contribution in [0, 0.1) is 0 Å². The molecule has 0 aromatic carbocycles. The molecule has 60 valence electrons. The van der Waals surface area contributed by atoms with E-state index in [0.717, 1.165) is 0 Å². The molecule has 0 spiro atoms. The van der Waals surface area contributed by atoms with Crippen LogP contribution in [0.15, 0.2) is 18.3 Å². The number of rotatable bonds is 2. The van der Waals surface area contributed by atoms with E-state index < -0.39 is 6.10 Å². The van der Waals surface area contributed by atoms with Crippen LogP contribution >= 0.6 is 23.2 Å². The third-order valence-corrected chi connectivity index (χ3v) is 1.86. The van der Waals surface area contributed by atoms with Crippen molar-refractivity contribution in [2.75, 3.05) is 5.88 Å². The maximum atomic E-state index is 9.23. The number of hydrogen-bond acceptors (Lipinski definition) is 2. The standard InChI is InChI=1S/C7H7Cl2NO/c8-4-6(11)7-5(9)2-1-3-10-7/h1-3,6,11H,4H2. The first-order valence-corrected chi connectivity index (χ1v) is 4.01. The third-order valence-electron chi connectivity index (χ3n) is 1.25. The summed E-state index contributed by atoms with van der Waals surface area (Å²) in [5, 5.41) is 9.68. The Hall–Kier alpha value is -0.310.